The molecular weight excluding hydrogens is 342 g/mol. The lowest BCUT2D eigenvalue weighted by molar-refractivity contribution is -0.0453. The molecule has 4 rings (SSSR count). The Balaban J connectivity index is 1.24. The number of fused-ring (bicyclic) bond motifs is 1. The van der Waals surface area contributed by atoms with Gasteiger partial charge in [-0.3, -0.25) is 9.89 Å². The van der Waals surface area contributed by atoms with Gasteiger partial charge in [0.1, 0.15) is 6.26 Å². The number of aliphatic imine (C=N–C) groups is 1. The van der Waals surface area contributed by atoms with E-state index in [1.54, 1.807) is 13.3 Å². The van der Waals surface area contributed by atoms with Crippen molar-refractivity contribution >= 4 is 5.96 Å². The molecule has 2 aliphatic heterocycles. The first-order valence-electron chi connectivity index (χ1n) is 9.62. The van der Waals surface area contributed by atoms with Crippen molar-refractivity contribution in [2.75, 3.05) is 33.3 Å². The van der Waals surface area contributed by atoms with E-state index in [9.17, 15) is 0 Å². The van der Waals surface area contributed by atoms with Crippen LogP contribution in [0.1, 0.15) is 18.5 Å². The van der Waals surface area contributed by atoms with Gasteiger partial charge in [-0.05, 0) is 31.5 Å². The Morgan fingerprint density at radius 2 is 2.19 bits per heavy atom. The third-order valence-corrected chi connectivity index (χ3v) is 5.19. The lowest BCUT2D eigenvalue weighted by atomic mass is 10.2. The molecule has 7 nitrogen and oxygen atoms in total. The molecule has 1 aromatic heterocycles. The third kappa shape index (κ3) is 4.48. The highest BCUT2D eigenvalue weighted by Crippen LogP contribution is 2.22. The van der Waals surface area contributed by atoms with E-state index in [1.165, 1.54) is 19.4 Å². The summed E-state index contributed by atoms with van der Waals surface area (Å²) in [4.78, 5) is 11.4. The molecule has 1 aromatic carbocycles. The Morgan fingerprint density at radius 1 is 1.30 bits per heavy atom. The van der Waals surface area contributed by atoms with Gasteiger partial charge < -0.3 is 19.8 Å². The Labute approximate surface area is 159 Å². The van der Waals surface area contributed by atoms with Crippen LogP contribution in [0, 0.1) is 0 Å². The van der Waals surface area contributed by atoms with Gasteiger partial charge in [-0.15, -0.1) is 0 Å². The molecule has 2 N–H and O–H groups in total. The number of hydrogen-bond acceptors (Lipinski definition) is 5. The average molecular weight is 369 g/mol. The fourth-order valence-electron chi connectivity index (χ4n) is 3.72. The minimum atomic E-state index is 0.203. The Kier molecular flexibility index (Phi) is 5.69. The first kappa shape index (κ1) is 18.0. The summed E-state index contributed by atoms with van der Waals surface area (Å²) in [6, 6.07) is 10.5. The number of nitrogens with one attached hydrogen (secondary N) is 2. The van der Waals surface area contributed by atoms with Crippen molar-refractivity contribution in [1.82, 2.24) is 20.5 Å². The van der Waals surface area contributed by atoms with Crippen LogP contribution in [0.25, 0.3) is 11.5 Å². The summed E-state index contributed by atoms with van der Waals surface area (Å²) in [7, 11) is 1.77. The first-order chi connectivity index (χ1) is 13.3. The highest BCUT2D eigenvalue weighted by molar-refractivity contribution is 5.79. The summed E-state index contributed by atoms with van der Waals surface area (Å²) in [5.41, 5.74) is 1.81. The van der Waals surface area contributed by atoms with Gasteiger partial charge in [-0.25, -0.2) is 4.98 Å². The highest BCUT2D eigenvalue weighted by atomic mass is 16.5. The number of oxazole rings is 1. The molecule has 2 atom stereocenters. The van der Waals surface area contributed by atoms with Crippen molar-refractivity contribution in [1.29, 1.82) is 0 Å². The minimum absolute atomic E-state index is 0.203. The van der Waals surface area contributed by atoms with Crippen molar-refractivity contribution in [3.05, 3.63) is 42.3 Å². The number of ether oxygens (including phenoxy) is 1. The Bertz CT molecular complexity index is 761. The highest BCUT2D eigenvalue weighted by Gasteiger charge is 2.32. The molecule has 27 heavy (non-hydrogen) atoms. The van der Waals surface area contributed by atoms with E-state index in [0.29, 0.717) is 18.5 Å². The van der Waals surface area contributed by atoms with Crippen molar-refractivity contribution in [2.45, 2.75) is 31.5 Å². The zero-order valence-corrected chi connectivity index (χ0v) is 15.7. The molecule has 0 saturated carbocycles. The van der Waals surface area contributed by atoms with Gasteiger partial charge >= 0.3 is 0 Å². The molecule has 2 unspecified atom stereocenters. The molecule has 7 heteroatoms. The molecule has 3 heterocycles. The second-order valence-corrected chi connectivity index (χ2v) is 7.06. The van der Waals surface area contributed by atoms with Crippen LogP contribution in [0.15, 0.2) is 46.0 Å². The van der Waals surface area contributed by atoms with Crippen LogP contribution in [0.4, 0.5) is 0 Å². The van der Waals surface area contributed by atoms with E-state index < -0.39 is 0 Å². The van der Waals surface area contributed by atoms with Gasteiger partial charge in [0.05, 0.1) is 24.9 Å². The molecule has 2 aromatic rings. The summed E-state index contributed by atoms with van der Waals surface area (Å²) in [6.45, 7) is 4.35. The number of benzene rings is 1. The average Bonchev–Trinajstić information content (AvgIpc) is 3.38. The van der Waals surface area contributed by atoms with E-state index in [0.717, 1.165) is 36.9 Å². The monoisotopic (exact) mass is 369 g/mol. The Hall–Kier alpha value is -2.38. The van der Waals surface area contributed by atoms with Gasteiger partial charge in [-0.1, -0.05) is 18.2 Å². The summed E-state index contributed by atoms with van der Waals surface area (Å²) in [5.74, 6) is 1.37. The smallest absolute Gasteiger partial charge is 0.226 e. The summed E-state index contributed by atoms with van der Waals surface area (Å²) < 4.78 is 11.6. The zero-order valence-electron chi connectivity index (χ0n) is 15.7. The number of nitrogens with zero attached hydrogens (tertiary/aromatic N) is 3. The molecule has 2 saturated heterocycles. The summed E-state index contributed by atoms with van der Waals surface area (Å²) in [5, 5.41) is 6.64. The number of morpholine rings is 1. The quantitative estimate of drug-likeness (QED) is 0.619. The number of aromatic nitrogens is 1. The normalized spacial score (nSPS) is 23.2. The maximum Gasteiger partial charge on any atom is 0.226 e. The van der Waals surface area contributed by atoms with Crippen LogP contribution in [0.5, 0.6) is 0 Å². The SMILES string of the molecule is CN=C(NCc1coc(-c2ccccc2)n1)NCC1CN2CCCC2CO1. The molecule has 2 fully saturated rings. The van der Waals surface area contributed by atoms with Crippen molar-refractivity contribution in [2.24, 2.45) is 4.99 Å². The molecule has 0 radical (unpaired) electrons. The topological polar surface area (TPSA) is 74.9 Å². The van der Waals surface area contributed by atoms with Gasteiger partial charge in [0.15, 0.2) is 5.96 Å². The van der Waals surface area contributed by atoms with Crippen molar-refractivity contribution in [3.8, 4) is 11.5 Å². The molecule has 0 aliphatic carbocycles. The Morgan fingerprint density at radius 3 is 3.04 bits per heavy atom. The van der Waals surface area contributed by atoms with Gasteiger partial charge in [-0.2, -0.15) is 0 Å². The van der Waals surface area contributed by atoms with E-state index in [4.69, 9.17) is 9.15 Å². The second-order valence-electron chi connectivity index (χ2n) is 7.06. The first-order valence-corrected chi connectivity index (χ1v) is 9.62. The van der Waals surface area contributed by atoms with Crippen molar-refractivity contribution < 1.29 is 9.15 Å². The van der Waals surface area contributed by atoms with Crippen LogP contribution in [0.2, 0.25) is 0 Å². The van der Waals surface area contributed by atoms with E-state index in [-0.39, 0.29) is 6.10 Å². The fourth-order valence-corrected chi connectivity index (χ4v) is 3.72. The van der Waals surface area contributed by atoms with Crippen LogP contribution >= 0.6 is 0 Å². The van der Waals surface area contributed by atoms with Gasteiger partial charge in [0.25, 0.3) is 0 Å². The summed E-state index contributed by atoms with van der Waals surface area (Å²) in [6.07, 6.45) is 4.45. The lowest BCUT2D eigenvalue weighted by Crippen LogP contribution is -2.51. The number of guanidine groups is 1. The maximum atomic E-state index is 5.99. The van der Waals surface area contributed by atoms with Gasteiger partial charge in [0.2, 0.25) is 5.89 Å². The zero-order chi connectivity index (χ0) is 18.5. The molecule has 144 valence electrons. The molecule has 0 spiro atoms. The van der Waals surface area contributed by atoms with Crippen LogP contribution in [-0.4, -0.2) is 61.3 Å². The predicted molar refractivity (Wildman–Crippen MR) is 104 cm³/mol. The summed E-state index contributed by atoms with van der Waals surface area (Å²) >= 11 is 0. The third-order valence-electron chi connectivity index (χ3n) is 5.19. The second kappa shape index (κ2) is 8.54. The van der Waals surface area contributed by atoms with E-state index >= 15 is 0 Å². The van der Waals surface area contributed by atoms with Crippen LogP contribution in [0.3, 0.4) is 0 Å². The molecule has 2 aliphatic rings. The predicted octanol–water partition coefficient (Wildman–Crippen LogP) is 1.87. The largest absolute Gasteiger partial charge is 0.444 e. The standard InChI is InChI=1S/C20H27N5O2/c1-21-20(23-11-18-12-25-9-5-8-17(25)14-26-18)22-10-16-13-27-19(24-16)15-6-3-2-4-7-15/h2-4,6-7,13,17-18H,5,8-12,14H2,1H3,(H2,21,22,23). The van der Waals surface area contributed by atoms with Crippen molar-refractivity contribution in [3.63, 3.8) is 0 Å². The van der Waals surface area contributed by atoms with E-state index in [2.05, 4.69) is 25.5 Å². The van der Waals surface area contributed by atoms with Crippen LogP contribution < -0.4 is 10.6 Å². The number of hydrogen-bond donors (Lipinski definition) is 2. The molecule has 0 bridgehead atoms. The van der Waals surface area contributed by atoms with Crippen LogP contribution in [-0.2, 0) is 11.3 Å². The minimum Gasteiger partial charge on any atom is -0.444 e. The molecule has 0 amide bonds. The van der Waals surface area contributed by atoms with Gasteiger partial charge in [0, 0.05) is 31.7 Å². The van der Waals surface area contributed by atoms with E-state index in [1.807, 2.05) is 30.3 Å². The number of rotatable bonds is 5. The lowest BCUT2D eigenvalue weighted by Gasteiger charge is -2.35. The molecular formula is C20H27N5O2. The fraction of sp³-hybridized carbons (Fsp3) is 0.500. The maximum absolute atomic E-state index is 5.99.